The van der Waals surface area contributed by atoms with Crippen LogP contribution in [0.4, 0.5) is 0 Å². The Bertz CT molecular complexity index is 2210. The normalized spacial score (nSPS) is 19.9. The van der Waals surface area contributed by atoms with E-state index in [9.17, 15) is 8.42 Å². The highest BCUT2D eigenvalue weighted by Gasteiger charge is 2.35. The molecule has 4 N–H and O–H groups in total. The van der Waals surface area contributed by atoms with Crippen molar-refractivity contribution in [3.05, 3.63) is 142 Å². The summed E-state index contributed by atoms with van der Waals surface area (Å²) in [6.45, 7) is 4.53. The van der Waals surface area contributed by atoms with E-state index >= 15 is 0 Å². The van der Waals surface area contributed by atoms with Gasteiger partial charge in [-0.05, 0) is 136 Å². The molecule has 2 aliphatic carbocycles. The van der Waals surface area contributed by atoms with E-state index in [1.807, 2.05) is 19.2 Å². The molecular formula is C48H63ClN6O4S. The zero-order chi connectivity index (χ0) is 41.2. The molecular weight excluding hydrogens is 792 g/mol. The maximum Gasteiger partial charge on any atom is 0.259 e. The number of hydrogen-bond donors (Lipinski definition) is 3. The van der Waals surface area contributed by atoms with E-state index in [2.05, 4.69) is 105 Å². The van der Waals surface area contributed by atoms with Crippen LogP contribution < -0.4 is 25.2 Å². The van der Waals surface area contributed by atoms with E-state index < -0.39 is 10.0 Å². The van der Waals surface area contributed by atoms with Gasteiger partial charge in [-0.3, -0.25) is 4.90 Å². The molecule has 1 aliphatic heterocycles. The summed E-state index contributed by atoms with van der Waals surface area (Å²) in [5.41, 5.74) is 14.9. The van der Waals surface area contributed by atoms with Crippen LogP contribution in [-0.4, -0.2) is 81.9 Å². The summed E-state index contributed by atoms with van der Waals surface area (Å²) in [7, 11) is 1.56. The first kappa shape index (κ1) is 45.3. The summed E-state index contributed by atoms with van der Waals surface area (Å²) in [6, 6.07) is 35.3. The van der Waals surface area contributed by atoms with Crippen molar-refractivity contribution in [3.8, 4) is 11.5 Å². The molecule has 1 fully saturated rings. The number of sulfonamides is 1. The lowest BCUT2D eigenvalue weighted by Crippen LogP contribution is -2.41. The summed E-state index contributed by atoms with van der Waals surface area (Å²) in [4.78, 5) is 6.99. The van der Waals surface area contributed by atoms with Gasteiger partial charge in [0.2, 0.25) is 0 Å². The number of aromatic nitrogens is 2. The average molecular weight is 856 g/mol. The Morgan fingerprint density at radius 2 is 1.33 bits per heavy atom. The fraction of sp³-hybridized carbons (Fsp3) is 0.438. The predicted molar refractivity (Wildman–Crippen MR) is 243 cm³/mol. The third-order valence-electron chi connectivity index (χ3n) is 12.4. The average Bonchev–Trinajstić information content (AvgIpc) is 3.94. The van der Waals surface area contributed by atoms with E-state index in [-0.39, 0.29) is 29.4 Å². The van der Waals surface area contributed by atoms with Crippen LogP contribution in [-0.2, 0) is 49.2 Å². The lowest BCUT2D eigenvalue weighted by Gasteiger charge is -2.39. The fourth-order valence-corrected chi connectivity index (χ4v) is 9.89. The summed E-state index contributed by atoms with van der Waals surface area (Å²) in [5, 5.41) is 3.17. The minimum atomic E-state index is -3.56. The zero-order valence-corrected chi connectivity index (χ0v) is 37.0. The Labute approximate surface area is 363 Å². The van der Waals surface area contributed by atoms with Gasteiger partial charge in [0.25, 0.3) is 10.0 Å². The Kier molecular flexibility index (Phi) is 16.3. The van der Waals surface area contributed by atoms with Gasteiger partial charge >= 0.3 is 0 Å². The van der Waals surface area contributed by atoms with Crippen molar-refractivity contribution in [2.45, 2.75) is 86.7 Å². The summed E-state index contributed by atoms with van der Waals surface area (Å²) >= 11 is 0. The molecule has 10 nitrogen and oxygen atoms in total. The van der Waals surface area contributed by atoms with E-state index in [0.29, 0.717) is 37.4 Å². The maximum atomic E-state index is 12.0. The van der Waals surface area contributed by atoms with Crippen molar-refractivity contribution in [1.29, 1.82) is 0 Å². The van der Waals surface area contributed by atoms with E-state index in [0.717, 1.165) is 43.7 Å². The maximum absolute atomic E-state index is 12.0. The second kappa shape index (κ2) is 21.5. The van der Waals surface area contributed by atoms with Crippen LogP contribution in [0.1, 0.15) is 76.7 Å². The highest BCUT2D eigenvalue weighted by molar-refractivity contribution is 7.89. The van der Waals surface area contributed by atoms with Crippen LogP contribution in [0.2, 0.25) is 0 Å². The number of nitrogens with one attached hydrogen (secondary N) is 2. The third-order valence-corrected chi connectivity index (χ3v) is 13.7. The zero-order valence-electron chi connectivity index (χ0n) is 35.4. The van der Waals surface area contributed by atoms with Crippen molar-refractivity contribution < 1.29 is 17.9 Å². The standard InChI is InChI=1S/C24H30N4O3S.C24H32N2O.ClH/c1-26-32(29,30)24-16-28(2)23(27-24)12-13-31-19-10-8-18-9-11-22(25)21(20(18)15-19)14-17-6-4-3-5-7-17;1-25-13-16-27-21-11-9-20-10-12-24(26-14-5-6-15-26)23(22(20)18-21)17-19-7-3-2-4-8-19;/h3-8,10,15-16,21-22,26H,9,11-14,25H2,1-2H3;2-4,7-9,11,18,23-25H,5-6,10,12-17H2,1H3;1H. The Balaban J connectivity index is 0.000000200. The number of fused-ring (bicyclic) bond motifs is 2. The quantitative estimate of drug-likeness (QED) is 0.0964. The summed E-state index contributed by atoms with van der Waals surface area (Å²) in [6.07, 6.45) is 11.2. The molecule has 3 aliphatic rings. The first-order valence-electron chi connectivity index (χ1n) is 21.4. The van der Waals surface area contributed by atoms with Crippen molar-refractivity contribution >= 4 is 22.4 Å². The number of rotatable bonds is 15. The molecule has 2 heterocycles. The Morgan fingerprint density at radius 1 is 0.767 bits per heavy atom. The van der Waals surface area contributed by atoms with E-state index in [1.54, 1.807) is 11.6 Å². The summed E-state index contributed by atoms with van der Waals surface area (Å²) < 4.78 is 39.9. The van der Waals surface area contributed by atoms with Crippen LogP contribution >= 0.6 is 12.4 Å². The summed E-state index contributed by atoms with van der Waals surface area (Å²) in [5.74, 6) is 3.29. The number of nitrogens with zero attached hydrogens (tertiary/aromatic N) is 3. The number of likely N-dealkylation sites (tertiary alicyclic amines) is 1. The van der Waals surface area contributed by atoms with Crippen LogP contribution in [0.15, 0.2) is 108 Å². The van der Waals surface area contributed by atoms with Crippen LogP contribution in [0, 0.1) is 0 Å². The molecule has 8 rings (SSSR count). The van der Waals surface area contributed by atoms with Crippen molar-refractivity contribution in [2.24, 2.45) is 12.8 Å². The van der Waals surface area contributed by atoms with Gasteiger partial charge < -0.3 is 25.1 Å². The number of aryl methyl sites for hydroxylation is 3. The number of likely N-dealkylation sites (N-methyl/N-ethyl adjacent to an activating group) is 1. The second-order valence-corrected chi connectivity index (χ2v) is 18.1. The number of nitrogens with two attached hydrogens (primary N) is 1. The number of halogens is 1. The third kappa shape index (κ3) is 11.4. The number of ether oxygens (including phenoxy) is 2. The Hall–Kier alpha value is -4.23. The Morgan fingerprint density at radius 3 is 1.93 bits per heavy atom. The van der Waals surface area contributed by atoms with E-state index in [1.165, 1.54) is 85.4 Å². The first-order valence-corrected chi connectivity index (χ1v) is 22.9. The van der Waals surface area contributed by atoms with Gasteiger partial charge in [-0.25, -0.2) is 18.1 Å². The molecule has 60 heavy (non-hydrogen) atoms. The van der Waals surface area contributed by atoms with E-state index in [4.69, 9.17) is 15.2 Å². The highest BCUT2D eigenvalue weighted by Crippen LogP contribution is 2.40. The van der Waals surface area contributed by atoms with Gasteiger partial charge in [-0.1, -0.05) is 72.8 Å². The topological polar surface area (TPSA) is 124 Å². The van der Waals surface area contributed by atoms with Gasteiger partial charge in [0.05, 0.1) is 6.61 Å². The second-order valence-electron chi connectivity index (χ2n) is 16.2. The monoisotopic (exact) mass is 854 g/mol. The molecule has 1 saturated heterocycles. The highest BCUT2D eigenvalue weighted by atomic mass is 35.5. The van der Waals surface area contributed by atoms with Crippen molar-refractivity contribution in [2.75, 3.05) is 46.9 Å². The van der Waals surface area contributed by atoms with Gasteiger partial charge in [0.1, 0.15) is 23.9 Å². The molecule has 12 heteroatoms. The lowest BCUT2D eigenvalue weighted by atomic mass is 9.75. The van der Waals surface area contributed by atoms with Crippen molar-refractivity contribution in [1.82, 2.24) is 24.5 Å². The number of imidazole rings is 1. The molecule has 5 aromatic rings. The lowest BCUT2D eigenvalue weighted by molar-refractivity contribution is 0.188. The van der Waals surface area contributed by atoms with Crippen LogP contribution in [0.3, 0.4) is 0 Å². The molecule has 4 unspecified atom stereocenters. The molecule has 4 atom stereocenters. The molecule has 322 valence electrons. The molecule has 4 aromatic carbocycles. The van der Waals surface area contributed by atoms with Crippen molar-refractivity contribution in [3.63, 3.8) is 0 Å². The van der Waals surface area contributed by atoms with Gasteiger partial charge in [-0.15, -0.1) is 12.4 Å². The van der Waals surface area contributed by atoms with Gasteiger partial charge in [0.15, 0.2) is 5.03 Å². The number of benzene rings is 4. The minimum absolute atomic E-state index is 0. The van der Waals surface area contributed by atoms with Gasteiger partial charge in [0, 0.05) is 50.1 Å². The predicted octanol–water partition coefficient (Wildman–Crippen LogP) is 6.99. The molecule has 0 bridgehead atoms. The fourth-order valence-electron chi connectivity index (χ4n) is 9.16. The smallest absolute Gasteiger partial charge is 0.259 e. The molecule has 0 amide bonds. The van der Waals surface area contributed by atoms with Crippen LogP contribution in [0.5, 0.6) is 11.5 Å². The molecule has 0 saturated carbocycles. The van der Waals surface area contributed by atoms with Gasteiger partial charge in [-0.2, -0.15) is 0 Å². The first-order chi connectivity index (χ1) is 28.7. The molecule has 0 radical (unpaired) electrons. The van der Waals surface area contributed by atoms with Crippen LogP contribution in [0.25, 0.3) is 0 Å². The number of hydrogen-bond acceptors (Lipinski definition) is 8. The molecule has 0 spiro atoms. The largest absolute Gasteiger partial charge is 0.493 e. The SMILES string of the molecule is CNCCOc1ccc2c(c1)C(Cc1ccccc1)C(N1CCCC1)CC2.CNS(=O)(=O)c1cn(C)c(CCOc2ccc3c(c2)C(Cc2ccccc2)C(N)CC3)n1.Cl. The molecule has 1 aromatic heterocycles. The minimum Gasteiger partial charge on any atom is -0.493 e.